The summed E-state index contributed by atoms with van der Waals surface area (Å²) in [6, 6.07) is 1.04. The fourth-order valence-corrected chi connectivity index (χ4v) is 6.85. The van der Waals surface area contributed by atoms with E-state index in [1.807, 2.05) is 13.8 Å². The van der Waals surface area contributed by atoms with Gasteiger partial charge in [-0.15, -0.1) is 0 Å². The van der Waals surface area contributed by atoms with Gasteiger partial charge < -0.3 is 15.2 Å². The number of nitrogens with zero attached hydrogens (tertiary/aromatic N) is 2. The van der Waals surface area contributed by atoms with E-state index in [2.05, 4.69) is 16.9 Å². The summed E-state index contributed by atoms with van der Waals surface area (Å²) >= 11 is 0. The molecule has 2 saturated heterocycles. The van der Waals surface area contributed by atoms with Crippen molar-refractivity contribution in [2.45, 2.75) is 69.0 Å². The molecule has 2 N–H and O–H groups in total. The number of nitrogens with one attached hydrogen (secondary N) is 2. The summed E-state index contributed by atoms with van der Waals surface area (Å²) in [7, 11) is -3.91. The van der Waals surface area contributed by atoms with Gasteiger partial charge in [0.25, 0.3) is 5.91 Å². The van der Waals surface area contributed by atoms with Gasteiger partial charge in [-0.3, -0.25) is 9.59 Å². The quantitative estimate of drug-likeness (QED) is 0.707. The number of aromatic nitrogens is 1. The van der Waals surface area contributed by atoms with Gasteiger partial charge in [0.05, 0.1) is 5.54 Å². The molecule has 0 saturated carbocycles. The Morgan fingerprint density at radius 3 is 2.45 bits per heavy atom. The van der Waals surface area contributed by atoms with Crippen LogP contribution in [-0.4, -0.2) is 64.6 Å². The van der Waals surface area contributed by atoms with Crippen molar-refractivity contribution >= 4 is 21.8 Å². The Morgan fingerprint density at radius 1 is 1.24 bits per heavy atom. The van der Waals surface area contributed by atoms with Gasteiger partial charge in [-0.2, -0.15) is 4.31 Å². The van der Waals surface area contributed by atoms with E-state index in [1.54, 1.807) is 18.7 Å². The number of carbonyl (C=O) groups is 2. The van der Waals surface area contributed by atoms with Crippen LogP contribution in [0, 0.1) is 0 Å². The standard InChI is InChI=1S/C20H30N4O4S/c1-6-17(25)22-16-12-19(2,3)24(20(16,4)5)29(27,28)14-11-15(21-13-14)18(26)23-9-7-8-10-23/h6,11,13,16,21H,1,7-10,12H2,2-5H3,(H,22,25). The molecule has 0 bridgehead atoms. The van der Waals surface area contributed by atoms with Gasteiger partial charge in [-0.1, -0.05) is 6.58 Å². The molecule has 29 heavy (non-hydrogen) atoms. The minimum absolute atomic E-state index is 0.0527. The zero-order valence-corrected chi connectivity index (χ0v) is 18.3. The van der Waals surface area contributed by atoms with Crippen LogP contribution < -0.4 is 5.32 Å². The molecular weight excluding hydrogens is 392 g/mol. The van der Waals surface area contributed by atoms with E-state index in [0.29, 0.717) is 19.5 Å². The van der Waals surface area contributed by atoms with Gasteiger partial charge in [-0.05, 0) is 59.1 Å². The van der Waals surface area contributed by atoms with Crippen LogP contribution in [0.1, 0.15) is 57.4 Å². The molecule has 2 aliphatic rings. The van der Waals surface area contributed by atoms with Crippen LogP contribution in [0.25, 0.3) is 0 Å². The normalized spacial score (nSPS) is 23.9. The third-order valence-corrected chi connectivity index (χ3v) is 8.23. The molecule has 1 atom stereocenters. The molecule has 2 amide bonds. The number of aromatic amines is 1. The number of H-pyrrole nitrogens is 1. The lowest BCUT2D eigenvalue weighted by molar-refractivity contribution is -0.117. The number of hydrogen-bond donors (Lipinski definition) is 2. The maximum atomic E-state index is 13.6. The first-order chi connectivity index (χ1) is 13.4. The van der Waals surface area contributed by atoms with Crippen molar-refractivity contribution in [3.05, 3.63) is 30.6 Å². The van der Waals surface area contributed by atoms with Crippen LogP contribution in [0.3, 0.4) is 0 Å². The molecule has 1 unspecified atom stereocenters. The zero-order valence-electron chi connectivity index (χ0n) is 17.5. The topological polar surface area (TPSA) is 103 Å². The number of carbonyl (C=O) groups excluding carboxylic acids is 2. The molecule has 8 nitrogen and oxygen atoms in total. The smallest absolute Gasteiger partial charge is 0.270 e. The average Bonchev–Trinajstić information content (AvgIpc) is 3.33. The highest BCUT2D eigenvalue weighted by Gasteiger charge is 2.57. The van der Waals surface area contributed by atoms with Gasteiger partial charge in [0.2, 0.25) is 15.9 Å². The van der Waals surface area contributed by atoms with E-state index in [0.717, 1.165) is 12.8 Å². The SMILES string of the molecule is C=CC(=O)NC1CC(C)(C)N(S(=O)(=O)c2c[nH]c(C(=O)N3CCCC3)c2)C1(C)C. The second-order valence-corrected chi connectivity index (χ2v) is 10.7. The lowest BCUT2D eigenvalue weighted by Crippen LogP contribution is -2.56. The molecule has 9 heteroatoms. The minimum atomic E-state index is -3.91. The second-order valence-electron chi connectivity index (χ2n) is 8.95. The molecular formula is C20H30N4O4S. The number of hydrogen-bond acceptors (Lipinski definition) is 4. The van der Waals surface area contributed by atoms with Crippen molar-refractivity contribution in [3.8, 4) is 0 Å². The first-order valence-corrected chi connectivity index (χ1v) is 11.3. The van der Waals surface area contributed by atoms with Crippen LogP contribution in [0.15, 0.2) is 29.8 Å². The predicted octanol–water partition coefficient (Wildman–Crippen LogP) is 1.87. The maximum Gasteiger partial charge on any atom is 0.270 e. The predicted molar refractivity (Wildman–Crippen MR) is 110 cm³/mol. The van der Waals surface area contributed by atoms with Crippen molar-refractivity contribution in [3.63, 3.8) is 0 Å². The summed E-state index contributed by atoms with van der Waals surface area (Å²) in [6.07, 6.45) is 4.95. The van der Waals surface area contributed by atoms with E-state index in [-0.39, 0.29) is 28.4 Å². The van der Waals surface area contributed by atoms with E-state index in [9.17, 15) is 18.0 Å². The van der Waals surface area contributed by atoms with Crippen LogP contribution in [-0.2, 0) is 14.8 Å². The van der Waals surface area contributed by atoms with E-state index >= 15 is 0 Å². The molecule has 0 radical (unpaired) electrons. The van der Waals surface area contributed by atoms with Crippen molar-refractivity contribution < 1.29 is 18.0 Å². The fourth-order valence-electron chi connectivity index (χ4n) is 4.69. The molecule has 1 aromatic heterocycles. The molecule has 2 fully saturated rings. The van der Waals surface area contributed by atoms with Crippen LogP contribution >= 0.6 is 0 Å². The average molecular weight is 423 g/mol. The number of likely N-dealkylation sites (tertiary alicyclic amines) is 1. The summed E-state index contributed by atoms with van der Waals surface area (Å²) < 4.78 is 28.6. The van der Waals surface area contributed by atoms with Gasteiger partial charge in [0.15, 0.2) is 0 Å². The van der Waals surface area contributed by atoms with E-state index in [4.69, 9.17) is 0 Å². The Morgan fingerprint density at radius 2 is 1.86 bits per heavy atom. The van der Waals surface area contributed by atoms with Gasteiger partial charge >= 0.3 is 0 Å². The summed E-state index contributed by atoms with van der Waals surface area (Å²) in [4.78, 5) is 29.1. The third-order valence-electron chi connectivity index (χ3n) is 5.95. The maximum absolute atomic E-state index is 13.6. The Labute approximate surface area is 172 Å². The summed E-state index contributed by atoms with van der Waals surface area (Å²) in [6.45, 7) is 12.1. The Kier molecular flexibility index (Phi) is 5.42. The molecule has 3 rings (SSSR count). The molecule has 3 heterocycles. The van der Waals surface area contributed by atoms with Crippen molar-refractivity contribution in [1.82, 2.24) is 19.5 Å². The zero-order chi connectivity index (χ0) is 21.6. The van der Waals surface area contributed by atoms with E-state index in [1.165, 1.54) is 22.6 Å². The molecule has 0 aliphatic carbocycles. The van der Waals surface area contributed by atoms with Gasteiger partial charge in [0, 0.05) is 30.9 Å². The Balaban J connectivity index is 1.92. The third kappa shape index (κ3) is 3.73. The summed E-state index contributed by atoms with van der Waals surface area (Å²) in [5.41, 5.74) is -1.31. The largest absolute Gasteiger partial charge is 0.356 e. The lowest BCUT2D eigenvalue weighted by atomic mass is 9.94. The number of amides is 2. The van der Waals surface area contributed by atoms with Crippen LogP contribution in [0.5, 0.6) is 0 Å². The highest BCUT2D eigenvalue weighted by molar-refractivity contribution is 7.89. The first-order valence-electron chi connectivity index (χ1n) is 9.87. The van der Waals surface area contributed by atoms with Crippen molar-refractivity contribution in [1.29, 1.82) is 0 Å². The van der Waals surface area contributed by atoms with Crippen LogP contribution in [0.2, 0.25) is 0 Å². The fraction of sp³-hybridized carbons (Fsp3) is 0.600. The van der Waals surface area contributed by atoms with Crippen molar-refractivity contribution in [2.75, 3.05) is 13.1 Å². The van der Waals surface area contributed by atoms with Crippen molar-refractivity contribution in [2.24, 2.45) is 0 Å². The molecule has 1 aromatic rings. The second kappa shape index (κ2) is 7.28. The number of rotatable bonds is 5. The monoisotopic (exact) mass is 422 g/mol. The molecule has 2 aliphatic heterocycles. The first kappa shape index (κ1) is 21.6. The molecule has 0 spiro atoms. The van der Waals surface area contributed by atoms with Gasteiger partial charge in [0.1, 0.15) is 10.6 Å². The highest BCUT2D eigenvalue weighted by atomic mass is 32.2. The number of sulfonamides is 1. The van der Waals surface area contributed by atoms with E-state index < -0.39 is 21.1 Å². The summed E-state index contributed by atoms with van der Waals surface area (Å²) in [5.74, 6) is -0.515. The van der Waals surface area contributed by atoms with Gasteiger partial charge in [-0.25, -0.2) is 8.42 Å². The minimum Gasteiger partial charge on any atom is -0.356 e. The van der Waals surface area contributed by atoms with Crippen LogP contribution in [0.4, 0.5) is 0 Å². The Bertz CT molecular complexity index is 926. The highest BCUT2D eigenvalue weighted by Crippen LogP contribution is 2.44. The Hall–Kier alpha value is -2.13. The molecule has 160 valence electrons. The lowest BCUT2D eigenvalue weighted by Gasteiger charge is -2.39. The summed E-state index contributed by atoms with van der Waals surface area (Å²) in [5, 5.41) is 2.86. The molecule has 0 aromatic carbocycles.